The number of rotatable bonds is 2. The van der Waals surface area contributed by atoms with Crippen LogP contribution in [-0.4, -0.2) is 40.1 Å². The Balaban J connectivity index is 1.68. The van der Waals surface area contributed by atoms with Crippen LogP contribution in [0.5, 0.6) is 0 Å². The van der Waals surface area contributed by atoms with Crippen molar-refractivity contribution in [1.82, 2.24) is 14.5 Å². The Bertz CT molecular complexity index is 849. The molecule has 0 saturated carbocycles. The number of aromatic nitrogens is 2. The molecule has 5 heteroatoms. The number of ether oxygens (including phenoxy) is 1. The molecule has 3 heterocycles. The first-order valence-electron chi connectivity index (χ1n) is 7.81. The number of carbonyl (C=O) groups excluding carboxylic acids is 1. The summed E-state index contributed by atoms with van der Waals surface area (Å²) in [7, 11) is 2.00. The second kappa shape index (κ2) is 5.59. The minimum Gasteiger partial charge on any atom is -0.377 e. The maximum absolute atomic E-state index is 13.0. The van der Waals surface area contributed by atoms with Gasteiger partial charge in [-0.25, -0.2) is 0 Å². The largest absolute Gasteiger partial charge is 0.377 e. The summed E-state index contributed by atoms with van der Waals surface area (Å²) in [5, 5.41) is 1.06. The molecular formula is C18H19N3O2. The van der Waals surface area contributed by atoms with Crippen molar-refractivity contribution in [2.75, 3.05) is 19.8 Å². The fourth-order valence-corrected chi connectivity index (χ4v) is 3.26. The first kappa shape index (κ1) is 14.1. The summed E-state index contributed by atoms with van der Waals surface area (Å²) < 4.78 is 7.67. The quantitative estimate of drug-likeness (QED) is 0.791. The number of aryl methyl sites for hydroxylation is 1. The number of amides is 1. The second-order valence-corrected chi connectivity index (χ2v) is 5.91. The van der Waals surface area contributed by atoms with Crippen LogP contribution in [0.1, 0.15) is 22.1 Å². The number of hydrogen-bond donors (Lipinski definition) is 1. The van der Waals surface area contributed by atoms with E-state index in [9.17, 15) is 4.79 Å². The molecule has 1 atom stereocenters. The van der Waals surface area contributed by atoms with Gasteiger partial charge in [-0.05, 0) is 36.4 Å². The summed E-state index contributed by atoms with van der Waals surface area (Å²) in [4.78, 5) is 18.1. The Hall–Kier alpha value is -2.53. The molecule has 4 rings (SSSR count). The third-order valence-electron chi connectivity index (χ3n) is 4.51. The van der Waals surface area contributed by atoms with Crippen molar-refractivity contribution < 1.29 is 9.53 Å². The Kier molecular flexibility index (Phi) is 3.42. The molecule has 1 amide bonds. The summed E-state index contributed by atoms with van der Waals surface area (Å²) >= 11 is 0. The van der Waals surface area contributed by atoms with Crippen molar-refractivity contribution in [3.8, 4) is 0 Å². The van der Waals surface area contributed by atoms with Crippen molar-refractivity contribution in [2.45, 2.75) is 6.04 Å². The zero-order valence-corrected chi connectivity index (χ0v) is 13.0. The normalized spacial score (nSPS) is 18.5. The van der Waals surface area contributed by atoms with E-state index in [-0.39, 0.29) is 11.9 Å². The maximum Gasteiger partial charge on any atom is 0.254 e. The van der Waals surface area contributed by atoms with Crippen molar-refractivity contribution >= 4 is 16.8 Å². The summed E-state index contributed by atoms with van der Waals surface area (Å²) in [5.74, 6) is 0.0580. The minimum atomic E-state index is -0.0434. The number of nitrogens with zero attached hydrogens (tertiary/aromatic N) is 2. The summed E-state index contributed by atoms with van der Waals surface area (Å²) in [5.41, 5.74) is 2.86. The number of hydrogen-bond acceptors (Lipinski definition) is 2. The molecule has 1 saturated heterocycles. The molecule has 23 heavy (non-hydrogen) atoms. The molecule has 0 bridgehead atoms. The number of fused-ring (bicyclic) bond motifs is 1. The molecule has 1 fully saturated rings. The molecule has 1 aliphatic rings. The van der Waals surface area contributed by atoms with Crippen LogP contribution < -0.4 is 0 Å². The third kappa shape index (κ3) is 2.43. The molecule has 1 N–H and O–H groups in total. The van der Waals surface area contributed by atoms with E-state index in [1.807, 2.05) is 54.7 Å². The van der Waals surface area contributed by atoms with Crippen LogP contribution >= 0.6 is 0 Å². The van der Waals surface area contributed by atoms with Crippen molar-refractivity contribution in [3.63, 3.8) is 0 Å². The van der Waals surface area contributed by atoms with E-state index >= 15 is 0 Å². The Morgan fingerprint density at radius 3 is 3.04 bits per heavy atom. The molecular weight excluding hydrogens is 290 g/mol. The smallest absolute Gasteiger partial charge is 0.254 e. The molecule has 2 aromatic heterocycles. The standard InChI is InChI=1S/C18H19N3O2/c1-20-8-2-3-16(20)17-12-23-10-9-21(17)18(22)14-4-5-15-13(11-14)6-7-19-15/h2-8,11,17,19H,9-10,12H2,1H3/t17-/m0/s1. The van der Waals surface area contributed by atoms with Gasteiger partial charge in [-0.2, -0.15) is 0 Å². The van der Waals surface area contributed by atoms with E-state index in [2.05, 4.69) is 15.6 Å². The van der Waals surface area contributed by atoms with E-state index in [0.717, 1.165) is 22.2 Å². The fourth-order valence-electron chi connectivity index (χ4n) is 3.26. The summed E-state index contributed by atoms with van der Waals surface area (Å²) in [6.07, 6.45) is 3.89. The number of nitrogens with one attached hydrogen (secondary N) is 1. The van der Waals surface area contributed by atoms with Crippen LogP contribution in [0.3, 0.4) is 0 Å². The average Bonchev–Trinajstić information content (AvgIpc) is 3.22. The van der Waals surface area contributed by atoms with Gasteiger partial charge in [-0.3, -0.25) is 4.79 Å². The maximum atomic E-state index is 13.0. The molecule has 0 aliphatic carbocycles. The third-order valence-corrected chi connectivity index (χ3v) is 4.51. The first-order valence-corrected chi connectivity index (χ1v) is 7.81. The first-order chi connectivity index (χ1) is 11.2. The SMILES string of the molecule is Cn1cccc1[C@@H]1COCCN1C(=O)c1ccc2[nH]ccc2c1. The molecule has 0 spiro atoms. The van der Waals surface area contributed by atoms with Crippen LogP contribution in [0.4, 0.5) is 0 Å². The highest BCUT2D eigenvalue weighted by Gasteiger charge is 2.30. The van der Waals surface area contributed by atoms with Gasteiger partial charge in [0.05, 0.1) is 19.3 Å². The number of aromatic amines is 1. The van der Waals surface area contributed by atoms with Crippen molar-refractivity contribution in [1.29, 1.82) is 0 Å². The summed E-state index contributed by atoms with van der Waals surface area (Å²) in [6.45, 7) is 1.73. The Morgan fingerprint density at radius 1 is 1.30 bits per heavy atom. The Morgan fingerprint density at radius 2 is 2.22 bits per heavy atom. The van der Waals surface area contributed by atoms with Gasteiger partial charge in [0.2, 0.25) is 0 Å². The van der Waals surface area contributed by atoms with Crippen LogP contribution in [0, 0.1) is 0 Å². The van der Waals surface area contributed by atoms with Gasteiger partial charge >= 0.3 is 0 Å². The number of carbonyl (C=O) groups is 1. The average molecular weight is 309 g/mol. The molecule has 1 aliphatic heterocycles. The molecule has 0 radical (unpaired) electrons. The van der Waals surface area contributed by atoms with Gasteiger partial charge in [0.1, 0.15) is 0 Å². The van der Waals surface area contributed by atoms with Crippen LogP contribution in [0.2, 0.25) is 0 Å². The topological polar surface area (TPSA) is 50.3 Å². The van der Waals surface area contributed by atoms with E-state index in [1.54, 1.807) is 0 Å². The zero-order chi connectivity index (χ0) is 15.8. The van der Waals surface area contributed by atoms with Crippen molar-refractivity contribution in [3.05, 3.63) is 60.0 Å². The van der Waals surface area contributed by atoms with Crippen LogP contribution in [0.25, 0.3) is 10.9 Å². The minimum absolute atomic E-state index is 0.0434. The van der Waals surface area contributed by atoms with Crippen LogP contribution in [-0.2, 0) is 11.8 Å². The molecule has 3 aromatic rings. The monoisotopic (exact) mass is 309 g/mol. The number of H-pyrrole nitrogens is 1. The van der Waals surface area contributed by atoms with Gasteiger partial charge in [0, 0.05) is 48.1 Å². The van der Waals surface area contributed by atoms with Crippen LogP contribution in [0.15, 0.2) is 48.8 Å². The molecule has 0 unspecified atom stereocenters. The van der Waals surface area contributed by atoms with Gasteiger partial charge < -0.3 is 19.2 Å². The lowest BCUT2D eigenvalue weighted by Gasteiger charge is -2.36. The highest BCUT2D eigenvalue weighted by molar-refractivity contribution is 5.98. The lowest BCUT2D eigenvalue weighted by Crippen LogP contribution is -2.44. The van der Waals surface area contributed by atoms with Gasteiger partial charge in [-0.1, -0.05) is 0 Å². The fraction of sp³-hybridized carbons (Fsp3) is 0.278. The van der Waals surface area contributed by atoms with E-state index in [0.29, 0.717) is 19.8 Å². The Labute approximate surface area is 134 Å². The van der Waals surface area contributed by atoms with Gasteiger partial charge in [0.25, 0.3) is 5.91 Å². The highest BCUT2D eigenvalue weighted by Crippen LogP contribution is 2.27. The van der Waals surface area contributed by atoms with E-state index in [4.69, 9.17) is 4.74 Å². The van der Waals surface area contributed by atoms with E-state index in [1.165, 1.54) is 0 Å². The van der Waals surface area contributed by atoms with Gasteiger partial charge in [0.15, 0.2) is 0 Å². The lowest BCUT2D eigenvalue weighted by molar-refractivity contribution is -0.00462. The zero-order valence-electron chi connectivity index (χ0n) is 13.0. The number of morpholine rings is 1. The highest BCUT2D eigenvalue weighted by atomic mass is 16.5. The molecule has 5 nitrogen and oxygen atoms in total. The van der Waals surface area contributed by atoms with Gasteiger partial charge in [-0.15, -0.1) is 0 Å². The predicted molar refractivity (Wildman–Crippen MR) is 88.3 cm³/mol. The molecule has 118 valence electrons. The second-order valence-electron chi connectivity index (χ2n) is 5.91. The predicted octanol–water partition coefficient (Wildman–Crippen LogP) is 2.72. The van der Waals surface area contributed by atoms with Crippen molar-refractivity contribution in [2.24, 2.45) is 7.05 Å². The van der Waals surface area contributed by atoms with E-state index < -0.39 is 0 Å². The molecule has 1 aromatic carbocycles. The lowest BCUT2D eigenvalue weighted by atomic mass is 10.1. The number of benzene rings is 1. The summed E-state index contributed by atoms with van der Waals surface area (Å²) in [6, 6.07) is 11.8.